The van der Waals surface area contributed by atoms with Crippen LogP contribution in [0.15, 0.2) is 24.3 Å². The Bertz CT molecular complexity index is 745. The summed E-state index contributed by atoms with van der Waals surface area (Å²) in [5.41, 5.74) is 1.81. The van der Waals surface area contributed by atoms with Crippen LogP contribution in [0.2, 0.25) is 0 Å². The van der Waals surface area contributed by atoms with Crippen molar-refractivity contribution >= 4 is 27.3 Å². The minimum absolute atomic E-state index is 0.00383. The van der Waals surface area contributed by atoms with Crippen LogP contribution in [0.5, 0.6) is 0 Å². The highest BCUT2D eigenvalue weighted by molar-refractivity contribution is 7.91. The third kappa shape index (κ3) is 4.81. The van der Waals surface area contributed by atoms with Gasteiger partial charge in [0.05, 0.1) is 11.5 Å². The molecule has 1 aromatic rings. The van der Waals surface area contributed by atoms with Gasteiger partial charge in [0, 0.05) is 24.8 Å². The average molecular weight is 366 g/mol. The SMILES string of the molecule is CCN(C(=O)CC(=O)N(CC)C1CCS(=O)(=O)C1)c1cccc(C)c1. The van der Waals surface area contributed by atoms with Crippen LogP contribution in [0.25, 0.3) is 0 Å². The van der Waals surface area contributed by atoms with Crippen molar-refractivity contribution in [2.24, 2.45) is 0 Å². The quantitative estimate of drug-likeness (QED) is 0.719. The summed E-state index contributed by atoms with van der Waals surface area (Å²) in [5.74, 6) is -0.464. The molecular formula is C18H26N2O4S. The van der Waals surface area contributed by atoms with Gasteiger partial charge < -0.3 is 9.80 Å². The van der Waals surface area contributed by atoms with E-state index < -0.39 is 9.84 Å². The number of sulfone groups is 1. The Morgan fingerprint density at radius 2 is 1.88 bits per heavy atom. The number of nitrogens with zero attached hydrogens (tertiary/aromatic N) is 2. The van der Waals surface area contributed by atoms with Crippen molar-refractivity contribution in [2.45, 2.75) is 39.7 Å². The van der Waals surface area contributed by atoms with Crippen LogP contribution in [-0.2, 0) is 19.4 Å². The van der Waals surface area contributed by atoms with Crippen molar-refractivity contribution < 1.29 is 18.0 Å². The Kier molecular flexibility index (Phi) is 6.21. The molecule has 25 heavy (non-hydrogen) atoms. The largest absolute Gasteiger partial charge is 0.338 e. The van der Waals surface area contributed by atoms with Crippen molar-refractivity contribution in [3.8, 4) is 0 Å². The maximum Gasteiger partial charge on any atom is 0.236 e. The zero-order chi connectivity index (χ0) is 18.6. The fourth-order valence-corrected chi connectivity index (χ4v) is 5.02. The molecule has 0 aromatic heterocycles. The Balaban J connectivity index is 2.08. The van der Waals surface area contributed by atoms with E-state index in [-0.39, 0.29) is 35.8 Å². The van der Waals surface area contributed by atoms with Crippen molar-refractivity contribution in [1.29, 1.82) is 0 Å². The molecule has 7 heteroatoms. The molecule has 0 spiro atoms. The van der Waals surface area contributed by atoms with Gasteiger partial charge in [-0.1, -0.05) is 12.1 Å². The van der Waals surface area contributed by atoms with Crippen LogP contribution in [0, 0.1) is 6.92 Å². The first-order chi connectivity index (χ1) is 11.8. The maximum atomic E-state index is 12.6. The Morgan fingerprint density at radius 3 is 2.40 bits per heavy atom. The lowest BCUT2D eigenvalue weighted by Gasteiger charge is -2.28. The van der Waals surface area contributed by atoms with Gasteiger partial charge in [0.15, 0.2) is 9.84 Å². The summed E-state index contributed by atoms with van der Waals surface area (Å²) < 4.78 is 23.3. The van der Waals surface area contributed by atoms with Crippen LogP contribution in [0.4, 0.5) is 5.69 Å². The summed E-state index contributed by atoms with van der Waals surface area (Å²) in [5, 5.41) is 0. The van der Waals surface area contributed by atoms with Gasteiger partial charge in [-0.2, -0.15) is 0 Å². The monoisotopic (exact) mass is 366 g/mol. The number of benzene rings is 1. The van der Waals surface area contributed by atoms with Gasteiger partial charge >= 0.3 is 0 Å². The van der Waals surface area contributed by atoms with E-state index in [2.05, 4.69) is 0 Å². The molecule has 1 aliphatic rings. The topological polar surface area (TPSA) is 74.8 Å². The number of hydrogen-bond acceptors (Lipinski definition) is 4. The van der Waals surface area contributed by atoms with E-state index in [0.717, 1.165) is 11.3 Å². The summed E-state index contributed by atoms with van der Waals surface area (Å²) >= 11 is 0. The van der Waals surface area contributed by atoms with Gasteiger partial charge in [-0.15, -0.1) is 0 Å². The molecular weight excluding hydrogens is 340 g/mol. The van der Waals surface area contributed by atoms with Gasteiger partial charge in [-0.3, -0.25) is 9.59 Å². The van der Waals surface area contributed by atoms with E-state index in [9.17, 15) is 18.0 Å². The second-order valence-electron chi connectivity index (χ2n) is 6.39. The van der Waals surface area contributed by atoms with Crippen molar-refractivity contribution in [1.82, 2.24) is 4.90 Å². The lowest BCUT2D eigenvalue weighted by molar-refractivity contribution is -0.136. The lowest BCUT2D eigenvalue weighted by atomic mass is 10.1. The van der Waals surface area contributed by atoms with Crippen molar-refractivity contribution in [3.63, 3.8) is 0 Å². The van der Waals surface area contributed by atoms with E-state index in [4.69, 9.17) is 0 Å². The second kappa shape index (κ2) is 7.99. The smallest absolute Gasteiger partial charge is 0.236 e. The first-order valence-electron chi connectivity index (χ1n) is 8.64. The summed E-state index contributed by atoms with van der Waals surface area (Å²) in [6.07, 6.45) is 0.206. The molecule has 1 aromatic carbocycles. The molecule has 6 nitrogen and oxygen atoms in total. The third-order valence-electron chi connectivity index (χ3n) is 4.54. The lowest BCUT2D eigenvalue weighted by Crippen LogP contribution is -2.43. The van der Waals surface area contributed by atoms with Crippen LogP contribution in [0.3, 0.4) is 0 Å². The Morgan fingerprint density at radius 1 is 1.16 bits per heavy atom. The van der Waals surface area contributed by atoms with Gasteiger partial charge in [0.2, 0.25) is 11.8 Å². The molecule has 1 saturated heterocycles. The highest BCUT2D eigenvalue weighted by Crippen LogP contribution is 2.20. The summed E-state index contributed by atoms with van der Waals surface area (Å²) in [6.45, 7) is 6.51. The number of carbonyl (C=O) groups excluding carboxylic acids is 2. The third-order valence-corrected chi connectivity index (χ3v) is 6.29. The number of aryl methyl sites for hydroxylation is 1. The standard InChI is InChI=1S/C18H26N2O4S/c1-4-19(15-8-6-7-14(3)11-15)17(21)12-18(22)20(5-2)16-9-10-25(23,24)13-16/h6-8,11,16H,4-5,9-10,12-13H2,1-3H3. The van der Waals surface area contributed by atoms with Crippen LogP contribution in [0.1, 0.15) is 32.3 Å². The Labute approximate surface area is 149 Å². The van der Waals surface area contributed by atoms with E-state index in [1.54, 1.807) is 4.90 Å². The van der Waals surface area contributed by atoms with Gasteiger partial charge in [-0.25, -0.2) is 8.42 Å². The van der Waals surface area contributed by atoms with Crippen molar-refractivity contribution in [2.75, 3.05) is 29.5 Å². The number of hydrogen-bond donors (Lipinski definition) is 0. The number of rotatable bonds is 6. The molecule has 138 valence electrons. The first-order valence-corrected chi connectivity index (χ1v) is 10.5. The number of carbonyl (C=O) groups is 2. The highest BCUT2D eigenvalue weighted by Gasteiger charge is 2.34. The summed E-state index contributed by atoms with van der Waals surface area (Å²) in [7, 11) is -3.07. The fourth-order valence-electron chi connectivity index (χ4n) is 3.28. The molecule has 0 bridgehead atoms. The molecule has 0 radical (unpaired) electrons. The summed E-state index contributed by atoms with van der Waals surface area (Å²) in [6, 6.07) is 7.27. The van der Waals surface area contributed by atoms with E-state index in [1.807, 2.05) is 45.0 Å². The molecule has 1 atom stereocenters. The average Bonchev–Trinajstić information content (AvgIpc) is 2.88. The molecule has 1 unspecified atom stereocenters. The second-order valence-corrected chi connectivity index (χ2v) is 8.62. The minimum atomic E-state index is -3.07. The molecule has 1 fully saturated rings. The minimum Gasteiger partial charge on any atom is -0.338 e. The van der Waals surface area contributed by atoms with Gasteiger partial charge in [0.1, 0.15) is 6.42 Å². The molecule has 0 N–H and O–H groups in total. The number of amides is 2. The Hall–Kier alpha value is -1.89. The van der Waals surface area contributed by atoms with E-state index in [0.29, 0.717) is 19.5 Å². The summed E-state index contributed by atoms with van der Waals surface area (Å²) in [4.78, 5) is 28.3. The van der Waals surface area contributed by atoms with Crippen LogP contribution >= 0.6 is 0 Å². The number of anilines is 1. The van der Waals surface area contributed by atoms with E-state index in [1.165, 1.54) is 4.90 Å². The molecule has 0 aliphatic carbocycles. The van der Waals surface area contributed by atoms with E-state index >= 15 is 0 Å². The molecule has 1 heterocycles. The van der Waals surface area contributed by atoms with Crippen LogP contribution in [-0.4, -0.2) is 55.8 Å². The first kappa shape index (κ1) is 19.4. The molecule has 2 rings (SSSR count). The molecule has 0 saturated carbocycles. The van der Waals surface area contributed by atoms with Crippen molar-refractivity contribution in [3.05, 3.63) is 29.8 Å². The maximum absolute atomic E-state index is 12.6. The van der Waals surface area contributed by atoms with Crippen LogP contribution < -0.4 is 4.90 Å². The molecule has 1 aliphatic heterocycles. The normalized spacial score (nSPS) is 18.8. The highest BCUT2D eigenvalue weighted by atomic mass is 32.2. The molecule has 2 amide bonds. The zero-order valence-corrected chi connectivity index (χ0v) is 15.9. The zero-order valence-electron chi connectivity index (χ0n) is 15.1. The predicted octanol–water partition coefficient (Wildman–Crippen LogP) is 1.77. The predicted molar refractivity (Wildman–Crippen MR) is 98.3 cm³/mol. The van der Waals surface area contributed by atoms with Gasteiger partial charge in [-0.05, 0) is 44.9 Å². The fraction of sp³-hybridized carbons (Fsp3) is 0.556. The van der Waals surface area contributed by atoms with Gasteiger partial charge in [0.25, 0.3) is 0 Å².